The Hall–Kier alpha value is -1.55. The number of hydrogen-bond acceptors (Lipinski definition) is 3. The van der Waals surface area contributed by atoms with Crippen LogP contribution in [0.3, 0.4) is 0 Å². The molecule has 0 heterocycles. The Morgan fingerprint density at radius 3 is 2.79 bits per heavy atom. The molecule has 1 aromatic carbocycles. The highest BCUT2D eigenvalue weighted by Gasteiger charge is 2.12. The lowest BCUT2D eigenvalue weighted by Crippen LogP contribution is -2.36. The normalized spacial score (nSPS) is 12.1. The first-order valence-corrected chi connectivity index (χ1v) is 4.28. The molecule has 0 aliphatic carbocycles. The Morgan fingerprint density at radius 2 is 2.21 bits per heavy atom. The quantitative estimate of drug-likeness (QED) is 0.744. The molecule has 1 aromatic rings. The van der Waals surface area contributed by atoms with E-state index in [0.29, 0.717) is 5.75 Å². The highest BCUT2D eigenvalue weighted by molar-refractivity contribution is 5.73. The minimum Gasteiger partial charge on any atom is -0.491 e. The molecular formula is C10H13NO3. The van der Waals surface area contributed by atoms with E-state index in [1.807, 2.05) is 25.1 Å². The average molecular weight is 195 g/mol. The van der Waals surface area contributed by atoms with Crippen LogP contribution >= 0.6 is 0 Å². The number of aliphatic carboxylic acids is 1. The van der Waals surface area contributed by atoms with Gasteiger partial charge in [-0.3, -0.25) is 4.79 Å². The van der Waals surface area contributed by atoms with Crippen molar-refractivity contribution in [2.75, 3.05) is 6.61 Å². The Balaban J connectivity index is 2.54. The van der Waals surface area contributed by atoms with E-state index in [0.717, 1.165) is 5.56 Å². The van der Waals surface area contributed by atoms with E-state index in [9.17, 15) is 4.79 Å². The predicted molar refractivity (Wildman–Crippen MR) is 52.3 cm³/mol. The van der Waals surface area contributed by atoms with Gasteiger partial charge in [0.05, 0.1) is 0 Å². The maximum absolute atomic E-state index is 10.4. The number of rotatable bonds is 4. The summed E-state index contributed by atoms with van der Waals surface area (Å²) in [5, 5.41) is 8.52. The second-order valence-corrected chi connectivity index (χ2v) is 3.02. The van der Waals surface area contributed by atoms with Gasteiger partial charge in [-0.15, -0.1) is 0 Å². The Labute approximate surface area is 82.3 Å². The molecule has 0 aliphatic rings. The monoisotopic (exact) mass is 195 g/mol. The molecule has 1 atom stereocenters. The first kappa shape index (κ1) is 10.5. The molecule has 1 unspecified atom stereocenters. The fraction of sp³-hybridized carbons (Fsp3) is 0.300. The molecule has 0 saturated heterocycles. The highest BCUT2D eigenvalue weighted by atomic mass is 16.5. The Morgan fingerprint density at radius 1 is 1.57 bits per heavy atom. The number of carboxylic acid groups (broad SMARTS) is 1. The Bertz CT molecular complexity index is 325. The van der Waals surface area contributed by atoms with Gasteiger partial charge in [0.1, 0.15) is 18.4 Å². The zero-order chi connectivity index (χ0) is 10.6. The van der Waals surface area contributed by atoms with Crippen LogP contribution < -0.4 is 10.5 Å². The number of aryl methyl sites for hydroxylation is 1. The van der Waals surface area contributed by atoms with Gasteiger partial charge in [-0.25, -0.2) is 0 Å². The lowest BCUT2D eigenvalue weighted by Gasteiger charge is -2.10. The van der Waals surface area contributed by atoms with Crippen molar-refractivity contribution in [2.24, 2.45) is 5.73 Å². The zero-order valence-electron chi connectivity index (χ0n) is 7.93. The summed E-state index contributed by atoms with van der Waals surface area (Å²) in [6.45, 7) is 1.88. The second kappa shape index (κ2) is 4.62. The largest absolute Gasteiger partial charge is 0.491 e. The van der Waals surface area contributed by atoms with E-state index in [2.05, 4.69) is 0 Å². The van der Waals surface area contributed by atoms with E-state index in [1.165, 1.54) is 0 Å². The van der Waals surface area contributed by atoms with Crippen molar-refractivity contribution < 1.29 is 14.6 Å². The number of benzene rings is 1. The summed E-state index contributed by atoms with van der Waals surface area (Å²) in [4.78, 5) is 10.4. The lowest BCUT2D eigenvalue weighted by atomic mass is 10.2. The number of ether oxygens (including phenoxy) is 1. The second-order valence-electron chi connectivity index (χ2n) is 3.02. The third-order valence-corrected chi connectivity index (χ3v) is 1.83. The summed E-state index contributed by atoms with van der Waals surface area (Å²) in [5.74, 6) is -0.386. The molecule has 0 saturated carbocycles. The minimum atomic E-state index is -1.06. The topological polar surface area (TPSA) is 72.5 Å². The van der Waals surface area contributed by atoms with Crippen LogP contribution in [-0.4, -0.2) is 23.7 Å². The summed E-state index contributed by atoms with van der Waals surface area (Å²) < 4.78 is 5.25. The van der Waals surface area contributed by atoms with Crippen LogP contribution in [0.4, 0.5) is 0 Å². The van der Waals surface area contributed by atoms with Crippen LogP contribution in [0.25, 0.3) is 0 Å². The van der Waals surface area contributed by atoms with Crippen LogP contribution in [0, 0.1) is 6.92 Å². The van der Waals surface area contributed by atoms with Gasteiger partial charge in [-0.2, -0.15) is 0 Å². The molecule has 4 nitrogen and oxygen atoms in total. The fourth-order valence-corrected chi connectivity index (χ4v) is 0.969. The number of nitrogens with two attached hydrogens (primary N) is 1. The van der Waals surface area contributed by atoms with Gasteiger partial charge in [-0.1, -0.05) is 18.2 Å². The van der Waals surface area contributed by atoms with Crippen LogP contribution in [0.2, 0.25) is 0 Å². The van der Waals surface area contributed by atoms with Gasteiger partial charge in [0.25, 0.3) is 0 Å². The van der Waals surface area contributed by atoms with Crippen molar-refractivity contribution in [2.45, 2.75) is 13.0 Å². The van der Waals surface area contributed by atoms with E-state index in [1.54, 1.807) is 6.07 Å². The number of hydrogen-bond donors (Lipinski definition) is 2. The third kappa shape index (κ3) is 2.74. The highest BCUT2D eigenvalue weighted by Crippen LogP contribution is 2.15. The molecule has 4 heteroatoms. The van der Waals surface area contributed by atoms with Crippen molar-refractivity contribution in [3.05, 3.63) is 29.8 Å². The summed E-state index contributed by atoms with van der Waals surface area (Å²) in [5.41, 5.74) is 6.25. The zero-order valence-corrected chi connectivity index (χ0v) is 7.93. The number of carbonyl (C=O) groups is 1. The molecule has 0 radical (unpaired) electrons. The maximum atomic E-state index is 10.4. The fourth-order valence-electron chi connectivity index (χ4n) is 0.969. The van der Waals surface area contributed by atoms with Crippen molar-refractivity contribution in [3.8, 4) is 5.75 Å². The summed E-state index contributed by atoms with van der Waals surface area (Å²) >= 11 is 0. The van der Waals surface area contributed by atoms with Crippen molar-refractivity contribution in [3.63, 3.8) is 0 Å². The van der Waals surface area contributed by atoms with Gasteiger partial charge in [0, 0.05) is 0 Å². The van der Waals surface area contributed by atoms with Crippen LogP contribution in [0.15, 0.2) is 24.3 Å². The molecule has 0 fully saturated rings. The van der Waals surface area contributed by atoms with E-state index < -0.39 is 12.0 Å². The number of carboxylic acids is 1. The van der Waals surface area contributed by atoms with Gasteiger partial charge >= 0.3 is 5.97 Å². The molecule has 0 aliphatic heterocycles. The molecule has 0 amide bonds. The van der Waals surface area contributed by atoms with Gasteiger partial charge in [0.2, 0.25) is 0 Å². The average Bonchev–Trinajstić information content (AvgIpc) is 2.16. The summed E-state index contributed by atoms with van der Waals surface area (Å²) in [6.07, 6.45) is 0. The molecule has 76 valence electrons. The molecule has 0 spiro atoms. The van der Waals surface area contributed by atoms with Crippen LogP contribution in [0.1, 0.15) is 5.56 Å². The van der Waals surface area contributed by atoms with Crippen molar-refractivity contribution >= 4 is 5.97 Å². The van der Waals surface area contributed by atoms with Crippen LogP contribution in [0.5, 0.6) is 5.75 Å². The molecule has 3 N–H and O–H groups in total. The van der Waals surface area contributed by atoms with Gasteiger partial charge in [-0.05, 0) is 18.6 Å². The maximum Gasteiger partial charge on any atom is 0.324 e. The third-order valence-electron chi connectivity index (χ3n) is 1.83. The van der Waals surface area contributed by atoms with Crippen molar-refractivity contribution in [1.29, 1.82) is 0 Å². The number of para-hydroxylation sites is 1. The van der Waals surface area contributed by atoms with E-state index in [4.69, 9.17) is 15.6 Å². The smallest absolute Gasteiger partial charge is 0.324 e. The first-order chi connectivity index (χ1) is 6.61. The Kier molecular flexibility index (Phi) is 3.48. The predicted octanol–water partition coefficient (Wildman–Crippen LogP) is 0.786. The standard InChI is InChI=1S/C10H13NO3/c1-7-4-2-3-5-9(7)14-6-8(11)10(12)13/h2-5,8H,6,11H2,1H3,(H,12,13). The minimum absolute atomic E-state index is 0.0137. The molecular weight excluding hydrogens is 182 g/mol. The molecule has 1 rings (SSSR count). The van der Waals surface area contributed by atoms with E-state index in [-0.39, 0.29) is 6.61 Å². The molecule has 14 heavy (non-hydrogen) atoms. The van der Waals surface area contributed by atoms with Crippen molar-refractivity contribution in [1.82, 2.24) is 0 Å². The lowest BCUT2D eigenvalue weighted by molar-refractivity contribution is -0.139. The summed E-state index contributed by atoms with van der Waals surface area (Å²) in [6, 6.07) is 6.41. The van der Waals surface area contributed by atoms with Gasteiger partial charge < -0.3 is 15.6 Å². The summed E-state index contributed by atoms with van der Waals surface area (Å²) in [7, 11) is 0. The first-order valence-electron chi connectivity index (χ1n) is 4.28. The van der Waals surface area contributed by atoms with E-state index >= 15 is 0 Å². The molecule has 0 aromatic heterocycles. The SMILES string of the molecule is Cc1ccccc1OCC(N)C(=O)O. The molecule has 0 bridgehead atoms. The van der Waals surface area contributed by atoms with Gasteiger partial charge in [0.15, 0.2) is 0 Å². The van der Waals surface area contributed by atoms with Crippen LogP contribution in [-0.2, 0) is 4.79 Å².